The third kappa shape index (κ3) is 5.32. The van der Waals surface area contributed by atoms with Gasteiger partial charge in [-0.25, -0.2) is 28.2 Å². The largest absolute Gasteiger partial charge is 0.478 e. The normalized spacial score (nSPS) is 13.1. The molecule has 3 heterocycles. The van der Waals surface area contributed by atoms with Gasteiger partial charge in [0.05, 0.1) is 23.1 Å². The SMILES string of the molecule is CN(CC1CC1)c1cc(-c2nc(C(=O)Nc3cn(-c4ccc(C(=O)O)cc4)nc3C(F)F)co2)ccn1. The number of rotatable bonds is 9. The van der Waals surface area contributed by atoms with Crippen molar-refractivity contribution in [3.05, 3.63) is 72.0 Å². The molecule has 190 valence electrons. The monoisotopic (exact) mass is 508 g/mol. The molecule has 4 aromatic rings. The predicted octanol–water partition coefficient (Wildman–Crippen LogP) is 4.66. The number of carboxylic acid groups (broad SMARTS) is 1. The minimum atomic E-state index is -2.97. The van der Waals surface area contributed by atoms with E-state index in [0.29, 0.717) is 17.2 Å². The average molecular weight is 508 g/mol. The minimum absolute atomic E-state index is 0.0382. The van der Waals surface area contributed by atoms with Crippen molar-refractivity contribution in [2.24, 2.45) is 5.92 Å². The lowest BCUT2D eigenvalue weighted by atomic mass is 10.2. The second kappa shape index (κ2) is 9.80. The van der Waals surface area contributed by atoms with Crippen molar-refractivity contribution < 1.29 is 27.9 Å². The van der Waals surface area contributed by atoms with Crippen molar-refractivity contribution in [2.45, 2.75) is 19.3 Å². The number of amides is 1. The molecule has 2 N–H and O–H groups in total. The molecule has 37 heavy (non-hydrogen) atoms. The van der Waals surface area contributed by atoms with Crippen molar-refractivity contribution in [1.29, 1.82) is 0 Å². The van der Waals surface area contributed by atoms with Crippen LogP contribution in [-0.4, -0.2) is 50.3 Å². The summed E-state index contributed by atoms with van der Waals surface area (Å²) in [4.78, 5) is 34.5. The molecule has 0 unspecified atom stereocenters. The van der Waals surface area contributed by atoms with E-state index in [9.17, 15) is 18.4 Å². The van der Waals surface area contributed by atoms with Crippen LogP contribution in [0.25, 0.3) is 17.1 Å². The lowest BCUT2D eigenvalue weighted by molar-refractivity contribution is 0.0696. The number of hydrogen-bond donors (Lipinski definition) is 2. The minimum Gasteiger partial charge on any atom is -0.478 e. The van der Waals surface area contributed by atoms with Crippen molar-refractivity contribution >= 4 is 23.4 Å². The second-order valence-corrected chi connectivity index (χ2v) is 8.74. The van der Waals surface area contributed by atoms with E-state index < -0.39 is 24.0 Å². The molecule has 0 spiro atoms. The Hall–Kier alpha value is -4.61. The van der Waals surface area contributed by atoms with Crippen LogP contribution >= 0.6 is 0 Å². The number of oxazole rings is 1. The molecule has 0 atom stereocenters. The number of hydrogen-bond acceptors (Lipinski definition) is 7. The molecule has 0 aliphatic heterocycles. The summed E-state index contributed by atoms with van der Waals surface area (Å²) in [5.74, 6) is -0.249. The Morgan fingerprint density at radius 2 is 2.00 bits per heavy atom. The fraction of sp³-hybridized carbons (Fsp3) is 0.240. The van der Waals surface area contributed by atoms with Gasteiger partial charge in [-0.15, -0.1) is 0 Å². The van der Waals surface area contributed by atoms with E-state index in [4.69, 9.17) is 9.52 Å². The van der Waals surface area contributed by atoms with Crippen LogP contribution in [0.15, 0.2) is 59.5 Å². The van der Waals surface area contributed by atoms with Gasteiger partial charge in [0.15, 0.2) is 11.4 Å². The van der Waals surface area contributed by atoms with Crippen LogP contribution < -0.4 is 10.2 Å². The zero-order valence-electron chi connectivity index (χ0n) is 19.6. The van der Waals surface area contributed by atoms with E-state index in [1.165, 1.54) is 43.3 Å². The van der Waals surface area contributed by atoms with E-state index in [-0.39, 0.29) is 22.8 Å². The first-order valence-corrected chi connectivity index (χ1v) is 11.4. The molecule has 1 fully saturated rings. The Balaban J connectivity index is 1.34. The number of pyridine rings is 1. The highest BCUT2D eigenvalue weighted by Crippen LogP contribution is 2.31. The summed E-state index contributed by atoms with van der Waals surface area (Å²) >= 11 is 0. The first-order chi connectivity index (χ1) is 17.8. The molecule has 0 bridgehead atoms. The Bertz CT molecular complexity index is 1450. The third-order valence-corrected chi connectivity index (χ3v) is 5.93. The molecule has 3 aromatic heterocycles. The highest BCUT2D eigenvalue weighted by molar-refractivity contribution is 6.03. The smallest absolute Gasteiger partial charge is 0.335 e. The van der Waals surface area contributed by atoms with Gasteiger partial charge in [0, 0.05) is 25.4 Å². The summed E-state index contributed by atoms with van der Waals surface area (Å²) in [7, 11) is 1.96. The van der Waals surface area contributed by atoms with Gasteiger partial charge in [-0.3, -0.25) is 4.79 Å². The molecule has 0 radical (unpaired) electrons. The first kappa shape index (κ1) is 24.1. The van der Waals surface area contributed by atoms with E-state index in [0.717, 1.165) is 23.3 Å². The number of carbonyl (C=O) groups is 2. The number of aromatic nitrogens is 4. The van der Waals surface area contributed by atoms with Crippen LogP contribution in [0.2, 0.25) is 0 Å². The number of nitrogens with one attached hydrogen (secondary N) is 1. The van der Waals surface area contributed by atoms with Crippen LogP contribution in [0.4, 0.5) is 20.3 Å². The molecule has 1 saturated carbocycles. The summed E-state index contributed by atoms with van der Waals surface area (Å²) in [6.07, 6.45) is 3.46. The van der Waals surface area contributed by atoms with Gasteiger partial charge in [0.2, 0.25) is 5.89 Å². The van der Waals surface area contributed by atoms with Crippen molar-refractivity contribution in [3.8, 4) is 17.1 Å². The van der Waals surface area contributed by atoms with Gasteiger partial charge in [0.1, 0.15) is 12.1 Å². The van der Waals surface area contributed by atoms with Gasteiger partial charge in [-0.1, -0.05) is 0 Å². The summed E-state index contributed by atoms with van der Waals surface area (Å²) in [6, 6.07) is 9.01. The Morgan fingerprint density at radius 3 is 2.68 bits per heavy atom. The predicted molar refractivity (Wildman–Crippen MR) is 129 cm³/mol. The quantitative estimate of drug-likeness (QED) is 0.334. The van der Waals surface area contributed by atoms with E-state index >= 15 is 0 Å². The molecule has 1 aliphatic carbocycles. The zero-order chi connectivity index (χ0) is 26.1. The van der Waals surface area contributed by atoms with Crippen LogP contribution in [0, 0.1) is 5.92 Å². The van der Waals surface area contributed by atoms with E-state index in [1.54, 1.807) is 12.3 Å². The fourth-order valence-electron chi connectivity index (χ4n) is 3.77. The summed E-state index contributed by atoms with van der Waals surface area (Å²) in [6.45, 7) is 0.902. The van der Waals surface area contributed by atoms with Crippen LogP contribution in [0.1, 0.15) is 45.8 Å². The highest BCUT2D eigenvalue weighted by atomic mass is 19.3. The van der Waals surface area contributed by atoms with E-state index in [2.05, 4.69) is 25.3 Å². The zero-order valence-corrected chi connectivity index (χ0v) is 19.6. The van der Waals surface area contributed by atoms with Crippen molar-refractivity contribution in [3.63, 3.8) is 0 Å². The number of aromatic carboxylic acids is 1. The summed E-state index contributed by atoms with van der Waals surface area (Å²) in [5, 5.41) is 15.3. The second-order valence-electron chi connectivity index (χ2n) is 8.74. The number of nitrogens with zero attached hydrogens (tertiary/aromatic N) is 5. The van der Waals surface area contributed by atoms with Crippen molar-refractivity contribution in [2.75, 3.05) is 23.8 Å². The lowest BCUT2D eigenvalue weighted by Crippen LogP contribution is -2.20. The van der Waals surface area contributed by atoms with E-state index in [1.807, 2.05) is 13.1 Å². The number of alkyl halides is 2. The first-order valence-electron chi connectivity index (χ1n) is 11.4. The van der Waals surface area contributed by atoms with Gasteiger partial charge in [-0.05, 0) is 55.2 Å². The maximum Gasteiger partial charge on any atom is 0.335 e. The topological polar surface area (TPSA) is 126 Å². The third-order valence-electron chi connectivity index (χ3n) is 5.93. The average Bonchev–Trinajstić information content (AvgIpc) is 3.39. The summed E-state index contributed by atoms with van der Waals surface area (Å²) < 4.78 is 33.9. The Labute approximate surface area is 209 Å². The number of halogens is 2. The van der Waals surface area contributed by atoms with Crippen LogP contribution in [-0.2, 0) is 0 Å². The molecule has 1 aliphatic rings. The fourth-order valence-corrected chi connectivity index (χ4v) is 3.77. The van der Waals surface area contributed by atoms with Crippen molar-refractivity contribution in [1.82, 2.24) is 19.7 Å². The van der Waals surface area contributed by atoms with Crippen LogP contribution in [0.5, 0.6) is 0 Å². The van der Waals surface area contributed by atoms with Gasteiger partial charge in [-0.2, -0.15) is 5.10 Å². The Morgan fingerprint density at radius 1 is 1.24 bits per heavy atom. The molecule has 10 nitrogen and oxygen atoms in total. The van der Waals surface area contributed by atoms with Gasteiger partial charge >= 0.3 is 5.97 Å². The molecular formula is C25H22F2N6O4. The lowest BCUT2D eigenvalue weighted by Gasteiger charge is -2.17. The molecule has 5 rings (SSSR count). The summed E-state index contributed by atoms with van der Waals surface area (Å²) in [5.41, 5.74) is 0.0557. The number of benzene rings is 1. The molecule has 1 amide bonds. The molecule has 1 aromatic carbocycles. The molecule has 0 saturated heterocycles. The number of anilines is 2. The Kier molecular flexibility index (Phi) is 6.38. The number of carboxylic acids is 1. The van der Waals surface area contributed by atoms with Gasteiger partial charge in [0.25, 0.3) is 12.3 Å². The molecular weight excluding hydrogens is 486 g/mol. The maximum atomic E-state index is 13.6. The van der Waals surface area contributed by atoms with Gasteiger partial charge < -0.3 is 19.7 Å². The van der Waals surface area contributed by atoms with Crippen LogP contribution in [0.3, 0.4) is 0 Å². The number of carbonyl (C=O) groups excluding carboxylic acids is 1. The highest BCUT2D eigenvalue weighted by Gasteiger charge is 2.25. The molecule has 12 heteroatoms. The standard InChI is InChI=1S/C25H22F2N6O4/c1-32(11-14-2-3-14)20-10-16(8-9-28-20)24-30-19(13-37-24)23(34)29-18-12-33(31-21(18)22(26)27)17-6-4-15(5-7-17)25(35)36/h4-10,12-14,22H,2-3,11H2,1H3,(H,29,34)(H,35,36). The maximum absolute atomic E-state index is 13.6.